The number of benzene rings is 1. The zero-order valence-electron chi connectivity index (χ0n) is 12.0. The topological polar surface area (TPSA) is 54.0 Å². The van der Waals surface area contributed by atoms with Crippen molar-refractivity contribution in [3.8, 4) is 0 Å². The molecule has 0 fully saturated rings. The van der Waals surface area contributed by atoms with Gasteiger partial charge in [-0.15, -0.1) is 0 Å². The van der Waals surface area contributed by atoms with E-state index in [4.69, 9.17) is 0 Å². The predicted molar refractivity (Wildman–Crippen MR) is 80.8 cm³/mol. The minimum Gasteiger partial charge on any atom is -0.378 e. The fourth-order valence-corrected chi connectivity index (χ4v) is 1.96. The molecule has 2 aromatic rings. The van der Waals surface area contributed by atoms with Crippen LogP contribution >= 0.6 is 0 Å². The Balaban J connectivity index is 2.13. The number of nitrogens with zero attached hydrogens (tertiary/aromatic N) is 1. The van der Waals surface area contributed by atoms with Crippen molar-refractivity contribution in [2.24, 2.45) is 0 Å². The number of anilines is 1. The van der Waals surface area contributed by atoms with Gasteiger partial charge in [-0.1, -0.05) is 29.8 Å². The number of aryl methyl sites for hydroxylation is 1. The molecular formula is C16H19N3O. The summed E-state index contributed by atoms with van der Waals surface area (Å²) in [5.41, 5.74) is 3.74. The van der Waals surface area contributed by atoms with Crippen LogP contribution in [0.3, 0.4) is 0 Å². The smallest absolute Gasteiger partial charge is 0.269 e. The standard InChI is InChI=1S/C16H19N3O/c1-11-4-6-13(7-5-11)12(2)19-14-8-9-18-15(10-14)16(20)17-3/h4-10,12H,1-3H3,(H,17,20)(H,18,19). The summed E-state index contributed by atoms with van der Waals surface area (Å²) in [6.07, 6.45) is 1.63. The van der Waals surface area contributed by atoms with Crippen LogP contribution in [-0.2, 0) is 0 Å². The molecule has 0 spiro atoms. The van der Waals surface area contributed by atoms with Gasteiger partial charge in [-0.2, -0.15) is 0 Å². The molecule has 1 atom stereocenters. The predicted octanol–water partition coefficient (Wildman–Crippen LogP) is 2.92. The van der Waals surface area contributed by atoms with Crippen molar-refractivity contribution in [1.29, 1.82) is 0 Å². The fraction of sp³-hybridized carbons (Fsp3) is 0.250. The summed E-state index contributed by atoms with van der Waals surface area (Å²) in [5.74, 6) is -0.184. The molecule has 20 heavy (non-hydrogen) atoms. The lowest BCUT2D eigenvalue weighted by Gasteiger charge is -2.16. The molecule has 1 heterocycles. The Morgan fingerprint density at radius 1 is 1.20 bits per heavy atom. The monoisotopic (exact) mass is 269 g/mol. The second-order valence-electron chi connectivity index (χ2n) is 4.79. The fourth-order valence-electron chi connectivity index (χ4n) is 1.96. The first-order valence-electron chi connectivity index (χ1n) is 6.61. The Hall–Kier alpha value is -2.36. The first-order chi connectivity index (χ1) is 9.60. The lowest BCUT2D eigenvalue weighted by molar-refractivity contribution is 0.0958. The second kappa shape index (κ2) is 6.19. The van der Waals surface area contributed by atoms with Gasteiger partial charge < -0.3 is 10.6 Å². The van der Waals surface area contributed by atoms with Crippen LogP contribution in [0.5, 0.6) is 0 Å². The van der Waals surface area contributed by atoms with E-state index in [1.165, 1.54) is 11.1 Å². The molecule has 0 aliphatic carbocycles. The van der Waals surface area contributed by atoms with E-state index in [-0.39, 0.29) is 11.9 Å². The molecule has 0 saturated heterocycles. The lowest BCUT2D eigenvalue weighted by atomic mass is 10.1. The van der Waals surface area contributed by atoms with E-state index >= 15 is 0 Å². The van der Waals surface area contributed by atoms with Crippen molar-refractivity contribution in [2.45, 2.75) is 19.9 Å². The van der Waals surface area contributed by atoms with Gasteiger partial charge in [-0.05, 0) is 31.5 Å². The molecule has 1 unspecified atom stereocenters. The molecule has 2 rings (SSSR count). The molecule has 4 nitrogen and oxygen atoms in total. The first kappa shape index (κ1) is 14.1. The highest BCUT2D eigenvalue weighted by Crippen LogP contribution is 2.19. The molecule has 0 saturated carbocycles. The van der Waals surface area contributed by atoms with Crippen LogP contribution in [0, 0.1) is 6.92 Å². The summed E-state index contributed by atoms with van der Waals surface area (Å²) in [4.78, 5) is 15.6. The van der Waals surface area contributed by atoms with Crippen molar-refractivity contribution in [3.63, 3.8) is 0 Å². The van der Waals surface area contributed by atoms with Gasteiger partial charge in [-0.25, -0.2) is 0 Å². The van der Waals surface area contributed by atoms with Crippen molar-refractivity contribution < 1.29 is 4.79 Å². The number of hydrogen-bond acceptors (Lipinski definition) is 3. The molecule has 1 aromatic heterocycles. The van der Waals surface area contributed by atoms with Gasteiger partial charge in [0.05, 0.1) is 0 Å². The normalized spacial score (nSPS) is 11.8. The van der Waals surface area contributed by atoms with E-state index in [1.807, 2.05) is 6.07 Å². The average Bonchev–Trinajstić information content (AvgIpc) is 2.47. The quantitative estimate of drug-likeness (QED) is 0.897. The number of aromatic nitrogens is 1. The second-order valence-corrected chi connectivity index (χ2v) is 4.79. The van der Waals surface area contributed by atoms with Crippen LogP contribution in [0.15, 0.2) is 42.6 Å². The van der Waals surface area contributed by atoms with E-state index in [0.717, 1.165) is 5.69 Å². The minimum absolute atomic E-state index is 0.163. The first-order valence-corrected chi connectivity index (χ1v) is 6.61. The SMILES string of the molecule is CNC(=O)c1cc(NC(C)c2ccc(C)cc2)ccn1. The maximum atomic E-state index is 11.6. The zero-order valence-corrected chi connectivity index (χ0v) is 12.0. The van der Waals surface area contributed by atoms with Crippen molar-refractivity contribution in [3.05, 3.63) is 59.4 Å². The van der Waals surface area contributed by atoms with Gasteiger partial charge >= 0.3 is 0 Å². The Morgan fingerprint density at radius 2 is 1.90 bits per heavy atom. The Labute approximate surface area is 119 Å². The third kappa shape index (κ3) is 3.35. The Kier molecular flexibility index (Phi) is 4.35. The third-order valence-corrected chi connectivity index (χ3v) is 3.18. The van der Waals surface area contributed by atoms with E-state index in [9.17, 15) is 4.79 Å². The maximum Gasteiger partial charge on any atom is 0.269 e. The molecule has 2 N–H and O–H groups in total. The largest absolute Gasteiger partial charge is 0.378 e. The molecule has 104 valence electrons. The number of carbonyl (C=O) groups is 1. The average molecular weight is 269 g/mol. The number of amides is 1. The van der Waals surface area contributed by atoms with Gasteiger partial charge in [0.25, 0.3) is 5.91 Å². The summed E-state index contributed by atoms with van der Waals surface area (Å²) < 4.78 is 0. The summed E-state index contributed by atoms with van der Waals surface area (Å²) in [6, 6.07) is 12.2. The van der Waals surface area contributed by atoms with Crippen molar-refractivity contribution in [1.82, 2.24) is 10.3 Å². The highest BCUT2D eigenvalue weighted by atomic mass is 16.1. The molecular weight excluding hydrogens is 250 g/mol. The minimum atomic E-state index is -0.184. The molecule has 0 aliphatic rings. The zero-order chi connectivity index (χ0) is 14.5. The summed E-state index contributed by atoms with van der Waals surface area (Å²) in [5, 5.41) is 5.95. The van der Waals surface area contributed by atoms with Crippen LogP contribution in [-0.4, -0.2) is 17.9 Å². The summed E-state index contributed by atoms with van der Waals surface area (Å²) in [7, 11) is 1.60. The van der Waals surface area contributed by atoms with E-state index in [0.29, 0.717) is 5.69 Å². The van der Waals surface area contributed by atoms with Crippen LogP contribution in [0.4, 0.5) is 5.69 Å². The van der Waals surface area contributed by atoms with Crippen LogP contribution in [0.25, 0.3) is 0 Å². The Bertz CT molecular complexity index is 593. The van der Waals surface area contributed by atoms with Gasteiger partial charge in [0, 0.05) is 25.0 Å². The highest BCUT2D eigenvalue weighted by molar-refractivity contribution is 5.92. The number of hydrogen-bond donors (Lipinski definition) is 2. The molecule has 1 amide bonds. The van der Waals surface area contributed by atoms with Crippen molar-refractivity contribution >= 4 is 11.6 Å². The van der Waals surface area contributed by atoms with E-state index < -0.39 is 0 Å². The third-order valence-electron chi connectivity index (χ3n) is 3.18. The number of rotatable bonds is 4. The lowest BCUT2D eigenvalue weighted by Crippen LogP contribution is -2.19. The number of carbonyl (C=O) groups excluding carboxylic acids is 1. The van der Waals surface area contributed by atoms with E-state index in [1.54, 1.807) is 19.3 Å². The molecule has 4 heteroatoms. The summed E-state index contributed by atoms with van der Waals surface area (Å²) in [6.45, 7) is 4.16. The molecule has 0 radical (unpaired) electrons. The van der Waals surface area contributed by atoms with Gasteiger partial charge in [0.1, 0.15) is 5.69 Å². The molecule has 1 aromatic carbocycles. The van der Waals surface area contributed by atoms with Crippen LogP contribution in [0.1, 0.15) is 34.6 Å². The van der Waals surface area contributed by atoms with Crippen molar-refractivity contribution in [2.75, 3.05) is 12.4 Å². The van der Waals surface area contributed by atoms with Gasteiger partial charge in [-0.3, -0.25) is 9.78 Å². The number of nitrogens with one attached hydrogen (secondary N) is 2. The summed E-state index contributed by atoms with van der Waals surface area (Å²) >= 11 is 0. The van der Waals surface area contributed by atoms with E-state index in [2.05, 4.69) is 53.7 Å². The van der Waals surface area contributed by atoms with Crippen LogP contribution < -0.4 is 10.6 Å². The number of pyridine rings is 1. The van der Waals surface area contributed by atoms with Gasteiger partial charge in [0.15, 0.2) is 0 Å². The molecule has 0 bridgehead atoms. The Morgan fingerprint density at radius 3 is 2.55 bits per heavy atom. The van der Waals surface area contributed by atoms with Gasteiger partial charge in [0.2, 0.25) is 0 Å². The molecule has 0 aliphatic heterocycles. The van der Waals surface area contributed by atoms with Crippen LogP contribution in [0.2, 0.25) is 0 Å². The maximum absolute atomic E-state index is 11.6. The highest BCUT2D eigenvalue weighted by Gasteiger charge is 2.08.